The molecule has 2 heteroatoms. The summed E-state index contributed by atoms with van der Waals surface area (Å²) in [7, 11) is 1.71. The zero-order valence-electron chi connectivity index (χ0n) is 13.4. The van der Waals surface area contributed by atoms with E-state index in [-0.39, 0.29) is 0 Å². The largest absolute Gasteiger partial charge is 0.496 e. The third-order valence-corrected chi connectivity index (χ3v) is 3.70. The number of methoxy groups -OCH3 is 1. The number of ether oxygens (including phenoxy) is 2. The van der Waals surface area contributed by atoms with Gasteiger partial charge in [-0.2, -0.15) is 0 Å². The highest BCUT2D eigenvalue weighted by atomic mass is 16.5. The van der Waals surface area contributed by atoms with E-state index in [0.29, 0.717) is 6.61 Å². The first kappa shape index (κ1) is 15.4. The van der Waals surface area contributed by atoms with Crippen LogP contribution in [0, 0.1) is 13.8 Å². The minimum atomic E-state index is 0.714. The lowest BCUT2D eigenvalue weighted by molar-refractivity contribution is 0.338. The second-order valence-electron chi connectivity index (χ2n) is 5.34. The van der Waals surface area contributed by atoms with Gasteiger partial charge < -0.3 is 9.47 Å². The molecule has 0 fully saturated rings. The quantitative estimate of drug-likeness (QED) is 0.777. The predicted octanol–water partition coefficient (Wildman–Crippen LogP) is 4.50. The Morgan fingerprint density at radius 2 is 1.33 bits per heavy atom. The molecule has 2 aromatic carbocycles. The summed E-state index contributed by atoms with van der Waals surface area (Å²) in [5, 5.41) is 0. The smallest absolute Gasteiger partial charge is 0.122 e. The molecule has 2 aromatic rings. The Balaban J connectivity index is 2.02. The van der Waals surface area contributed by atoms with Gasteiger partial charge in [-0.25, -0.2) is 0 Å². The number of hydrogen-bond donors (Lipinski definition) is 0. The van der Waals surface area contributed by atoms with Crippen LogP contribution in [0.2, 0.25) is 0 Å². The molecule has 0 saturated carbocycles. The zero-order chi connectivity index (χ0) is 15.2. The first-order valence-corrected chi connectivity index (χ1v) is 7.50. The third-order valence-electron chi connectivity index (χ3n) is 3.70. The molecule has 0 aromatic heterocycles. The highest BCUT2D eigenvalue weighted by molar-refractivity contribution is 5.38. The predicted molar refractivity (Wildman–Crippen MR) is 87.5 cm³/mol. The molecule has 0 aliphatic rings. The fraction of sp³-hybridized carbons (Fsp3) is 0.368. The van der Waals surface area contributed by atoms with Crippen LogP contribution in [0.25, 0.3) is 0 Å². The molecular weight excluding hydrogens is 260 g/mol. The van der Waals surface area contributed by atoms with Crippen LogP contribution < -0.4 is 9.47 Å². The molecule has 0 aliphatic carbocycles. The van der Waals surface area contributed by atoms with E-state index in [9.17, 15) is 0 Å². The number of benzene rings is 2. The summed E-state index contributed by atoms with van der Waals surface area (Å²) in [5.41, 5.74) is 5.10. The van der Waals surface area contributed by atoms with Gasteiger partial charge in [0, 0.05) is 0 Å². The Kier molecular flexibility index (Phi) is 5.26. The molecule has 2 rings (SSSR count). The minimum absolute atomic E-state index is 0.714. The van der Waals surface area contributed by atoms with Crippen molar-refractivity contribution in [3.63, 3.8) is 0 Å². The summed E-state index contributed by atoms with van der Waals surface area (Å²) < 4.78 is 10.9. The van der Waals surface area contributed by atoms with E-state index in [2.05, 4.69) is 44.2 Å². The van der Waals surface area contributed by atoms with Crippen molar-refractivity contribution in [1.82, 2.24) is 0 Å². The highest BCUT2D eigenvalue weighted by Crippen LogP contribution is 2.22. The molecule has 0 atom stereocenters. The van der Waals surface area contributed by atoms with Gasteiger partial charge in [0.15, 0.2) is 0 Å². The molecule has 0 amide bonds. The van der Waals surface area contributed by atoms with Crippen molar-refractivity contribution in [3.8, 4) is 11.5 Å². The van der Waals surface area contributed by atoms with E-state index < -0.39 is 0 Å². The molecule has 2 nitrogen and oxygen atoms in total. The maximum absolute atomic E-state index is 5.58. The molecule has 0 spiro atoms. The van der Waals surface area contributed by atoms with Crippen LogP contribution in [0.5, 0.6) is 11.5 Å². The monoisotopic (exact) mass is 284 g/mol. The van der Waals surface area contributed by atoms with E-state index in [1.165, 1.54) is 22.3 Å². The van der Waals surface area contributed by atoms with Gasteiger partial charge in [-0.1, -0.05) is 24.3 Å². The van der Waals surface area contributed by atoms with Crippen molar-refractivity contribution >= 4 is 0 Å². The molecule has 0 radical (unpaired) electrons. The summed E-state index contributed by atoms with van der Waals surface area (Å²) in [4.78, 5) is 0. The van der Waals surface area contributed by atoms with E-state index in [0.717, 1.165) is 24.3 Å². The van der Waals surface area contributed by atoms with Gasteiger partial charge in [-0.15, -0.1) is 0 Å². The van der Waals surface area contributed by atoms with Crippen molar-refractivity contribution in [2.45, 2.75) is 33.6 Å². The van der Waals surface area contributed by atoms with Crippen LogP contribution >= 0.6 is 0 Å². The molecular formula is C19H24O2. The lowest BCUT2D eigenvalue weighted by Gasteiger charge is -2.10. The van der Waals surface area contributed by atoms with E-state index in [1.54, 1.807) is 7.11 Å². The van der Waals surface area contributed by atoms with Crippen LogP contribution in [0.15, 0.2) is 36.4 Å². The number of rotatable bonds is 6. The van der Waals surface area contributed by atoms with Crippen LogP contribution in [0.3, 0.4) is 0 Å². The highest BCUT2D eigenvalue weighted by Gasteiger charge is 2.03. The lowest BCUT2D eigenvalue weighted by atomic mass is 10.0. The summed E-state index contributed by atoms with van der Waals surface area (Å²) in [6, 6.07) is 12.9. The first-order valence-electron chi connectivity index (χ1n) is 7.50. The van der Waals surface area contributed by atoms with Gasteiger partial charge in [0.1, 0.15) is 11.5 Å². The average Bonchev–Trinajstić information content (AvgIpc) is 2.48. The standard InChI is InChI=1S/C19H24O2/c1-5-21-19-11-9-17(13-15(19)3)7-6-16-8-10-18(20-4)14(2)12-16/h8-13H,5-7H2,1-4H3. The van der Waals surface area contributed by atoms with E-state index in [4.69, 9.17) is 9.47 Å². The fourth-order valence-electron chi connectivity index (χ4n) is 2.57. The van der Waals surface area contributed by atoms with Gasteiger partial charge in [-0.3, -0.25) is 0 Å². The molecule has 0 bridgehead atoms. The number of hydrogen-bond acceptors (Lipinski definition) is 2. The van der Waals surface area contributed by atoms with Crippen molar-refractivity contribution in [2.75, 3.05) is 13.7 Å². The van der Waals surface area contributed by atoms with Crippen LogP contribution in [0.1, 0.15) is 29.2 Å². The van der Waals surface area contributed by atoms with Crippen LogP contribution in [-0.2, 0) is 12.8 Å². The molecule has 0 N–H and O–H groups in total. The Hall–Kier alpha value is -1.96. The fourth-order valence-corrected chi connectivity index (χ4v) is 2.57. The van der Waals surface area contributed by atoms with Crippen molar-refractivity contribution in [1.29, 1.82) is 0 Å². The average molecular weight is 284 g/mol. The maximum atomic E-state index is 5.58. The minimum Gasteiger partial charge on any atom is -0.496 e. The first-order chi connectivity index (χ1) is 10.1. The number of aryl methyl sites for hydroxylation is 4. The summed E-state index contributed by atoms with van der Waals surface area (Å²) in [6.07, 6.45) is 2.08. The van der Waals surface area contributed by atoms with Gasteiger partial charge >= 0.3 is 0 Å². The van der Waals surface area contributed by atoms with Gasteiger partial charge in [0.05, 0.1) is 13.7 Å². The molecule has 0 saturated heterocycles. The molecule has 0 unspecified atom stereocenters. The molecule has 112 valence electrons. The van der Waals surface area contributed by atoms with Gasteiger partial charge in [0.25, 0.3) is 0 Å². The second kappa shape index (κ2) is 7.16. The van der Waals surface area contributed by atoms with Crippen molar-refractivity contribution in [3.05, 3.63) is 58.7 Å². The van der Waals surface area contributed by atoms with Gasteiger partial charge in [0.2, 0.25) is 0 Å². The Morgan fingerprint density at radius 1 is 0.810 bits per heavy atom. The summed E-state index contributed by atoms with van der Waals surface area (Å²) >= 11 is 0. The summed E-state index contributed by atoms with van der Waals surface area (Å²) in [6.45, 7) is 6.92. The Bertz CT molecular complexity index is 603. The Morgan fingerprint density at radius 3 is 1.76 bits per heavy atom. The second-order valence-corrected chi connectivity index (χ2v) is 5.34. The van der Waals surface area contributed by atoms with E-state index in [1.807, 2.05) is 13.0 Å². The maximum Gasteiger partial charge on any atom is 0.122 e. The van der Waals surface area contributed by atoms with Gasteiger partial charge in [-0.05, 0) is 68.0 Å². The normalized spacial score (nSPS) is 10.5. The van der Waals surface area contributed by atoms with Crippen LogP contribution in [0.4, 0.5) is 0 Å². The third kappa shape index (κ3) is 4.01. The van der Waals surface area contributed by atoms with Crippen molar-refractivity contribution < 1.29 is 9.47 Å². The molecule has 0 heterocycles. The van der Waals surface area contributed by atoms with E-state index >= 15 is 0 Å². The Labute approximate surface area is 127 Å². The topological polar surface area (TPSA) is 18.5 Å². The van der Waals surface area contributed by atoms with Crippen molar-refractivity contribution in [2.24, 2.45) is 0 Å². The molecule has 0 aliphatic heterocycles. The van der Waals surface area contributed by atoms with Crippen LogP contribution in [-0.4, -0.2) is 13.7 Å². The molecule has 21 heavy (non-hydrogen) atoms. The lowest BCUT2D eigenvalue weighted by Crippen LogP contribution is -1.97. The SMILES string of the molecule is CCOc1ccc(CCc2ccc(OC)c(C)c2)cc1C. The summed E-state index contributed by atoms with van der Waals surface area (Å²) in [5.74, 6) is 1.94. The zero-order valence-corrected chi connectivity index (χ0v) is 13.4.